The van der Waals surface area contributed by atoms with Gasteiger partial charge in [-0.2, -0.15) is 0 Å². The van der Waals surface area contributed by atoms with Crippen LogP contribution < -0.4 is 0 Å². The summed E-state index contributed by atoms with van der Waals surface area (Å²) >= 11 is 0. The van der Waals surface area contributed by atoms with Crippen molar-refractivity contribution in [3.63, 3.8) is 0 Å². The van der Waals surface area contributed by atoms with Gasteiger partial charge in [0, 0.05) is 11.8 Å². The van der Waals surface area contributed by atoms with Crippen molar-refractivity contribution in [1.82, 2.24) is 0 Å². The Balaban J connectivity index is 1.76. The molecule has 28 heavy (non-hydrogen) atoms. The van der Waals surface area contributed by atoms with Crippen molar-refractivity contribution < 1.29 is 17.9 Å². The van der Waals surface area contributed by atoms with Crippen LogP contribution >= 0.6 is 0 Å². The third-order valence-corrected chi connectivity index (χ3v) is 7.03. The quantitative estimate of drug-likeness (QED) is 0.490. The fourth-order valence-corrected chi connectivity index (χ4v) is 5.22. The van der Waals surface area contributed by atoms with Crippen LogP contribution in [0.1, 0.15) is 31.7 Å². The fraction of sp³-hybridized carbons (Fsp3) is 0.348. The molecule has 0 saturated carbocycles. The smallest absolute Gasteiger partial charge is 0.182 e. The molecule has 2 aromatic rings. The van der Waals surface area contributed by atoms with Gasteiger partial charge in [0.15, 0.2) is 9.84 Å². The molecule has 0 bridgehead atoms. The van der Waals surface area contributed by atoms with E-state index in [9.17, 15) is 13.2 Å². The standard InChI is InChI=1S/C23H26O4S/c1-23(14-15-24)16-20(18-28(25,26)21-10-6-3-7-11-21)12-13-22(23)27-17-19-8-4-2-5-9-19/h2-11,15-16,22H,12-14,17-18H2,1H3/t22-,23-/m0/s1. The average molecular weight is 399 g/mol. The molecule has 2 aromatic carbocycles. The summed E-state index contributed by atoms with van der Waals surface area (Å²) in [6.45, 7) is 2.46. The van der Waals surface area contributed by atoms with Gasteiger partial charge < -0.3 is 9.53 Å². The number of carbonyl (C=O) groups is 1. The van der Waals surface area contributed by atoms with Gasteiger partial charge >= 0.3 is 0 Å². The highest BCUT2D eigenvalue weighted by molar-refractivity contribution is 7.91. The van der Waals surface area contributed by atoms with Gasteiger partial charge in [-0.3, -0.25) is 0 Å². The van der Waals surface area contributed by atoms with Crippen molar-refractivity contribution in [3.8, 4) is 0 Å². The lowest BCUT2D eigenvalue weighted by Crippen LogP contribution is -2.37. The van der Waals surface area contributed by atoms with E-state index in [0.717, 1.165) is 17.4 Å². The van der Waals surface area contributed by atoms with E-state index in [1.54, 1.807) is 30.3 Å². The van der Waals surface area contributed by atoms with Crippen molar-refractivity contribution in [2.75, 3.05) is 5.75 Å². The summed E-state index contributed by atoms with van der Waals surface area (Å²) in [6, 6.07) is 18.4. The van der Waals surface area contributed by atoms with Gasteiger partial charge in [-0.25, -0.2) is 8.42 Å². The van der Waals surface area contributed by atoms with Gasteiger partial charge in [-0.15, -0.1) is 0 Å². The Kier molecular flexibility index (Phi) is 6.47. The summed E-state index contributed by atoms with van der Waals surface area (Å²) in [6.07, 6.45) is 4.39. The van der Waals surface area contributed by atoms with E-state index >= 15 is 0 Å². The van der Waals surface area contributed by atoms with Crippen LogP contribution in [0.3, 0.4) is 0 Å². The molecule has 0 amide bonds. The van der Waals surface area contributed by atoms with Crippen molar-refractivity contribution in [2.24, 2.45) is 5.41 Å². The molecule has 1 aliphatic rings. The average Bonchev–Trinajstić information content (AvgIpc) is 2.68. The molecular weight excluding hydrogens is 372 g/mol. The molecule has 0 N–H and O–H groups in total. The summed E-state index contributed by atoms with van der Waals surface area (Å²) in [5.74, 6) is -0.0170. The highest BCUT2D eigenvalue weighted by Gasteiger charge is 2.37. The van der Waals surface area contributed by atoms with Gasteiger partial charge in [0.2, 0.25) is 0 Å². The maximum atomic E-state index is 12.7. The second kappa shape index (κ2) is 8.84. The molecule has 3 rings (SSSR count). The zero-order valence-electron chi connectivity index (χ0n) is 16.1. The molecule has 4 nitrogen and oxygen atoms in total. The first kappa shape index (κ1) is 20.5. The van der Waals surface area contributed by atoms with Gasteiger partial charge in [0.25, 0.3) is 0 Å². The van der Waals surface area contributed by atoms with Crippen LogP contribution in [0.4, 0.5) is 0 Å². The lowest BCUT2D eigenvalue weighted by atomic mass is 9.73. The molecule has 2 atom stereocenters. The maximum absolute atomic E-state index is 12.7. The van der Waals surface area contributed by atoms with Crippen molar-refractivity contribution in [3.05, 3.63) is 77.9 Å². The molecule has 0 aromatic heterocycles. The minimum Gasteiger partial charge on any atom is -0.373 e. The number of hydrogen-bond donors (Lipinski definition) is 0. The highest BCUT2D eigenvalue weighted by atomic mass is 32.2. The predicted molar refractivity (Wildman–Crippen MR) is 110 cm³/mol. The summed E-state index contributed by atoms with van der Waals surface area (Å²) < 4.78 is 31.6. The molecule has 0 spiro atoms. The topological polar surface area (TPSA) is 60.4 Å². The molecule has 0 aliphatic heterocycles. The van der Waals surface area contributed by atoms with E-state index in [1.807, 2.05) is 43.3 Å². The van der Waals surface area contributed by atoms with Crippen LogP contribution in [0.5, 0.6) is 0 Å². The first-order valence-electron chi connectivity index (χ1n) is 9.50. The second-order valence-electron chi connectivity index (χ2n) is 7.58. The van der Waals surface area contributed by atoms with E-state index < -0.39 is 15.3 Å². The largest absolute Gasteiger partial charge is 0.373 e. The first-order chi connectivity index (χ1) is 13.4. The third-order valence-electron chi connectivity index (χ3n) is 5.29. The van der Waals surface area contributed by atoms with Gasteiger partial charge in [0.05, 0.1) is 23.4 Å². The molecule has 5 heteroatoms. The van der Waals surface area contributed by atoms with E-state index in [4.69, 9.17) is 4.74 Å². The Labute approximate surface area is 167 Å². The molecule has 0 radical (unpaired) electrons. The minimum absolute atomic E-state index is 0.0170. The maximum Gasteiger partial charge on any atom is 0.182 e. The zero-order chi connectivity index (χ0) is 20.0. The van der Waals surface area contributed by atoms with Crippen molar-refractivity contribution >= 4 is 16.1 Å². The summed E-state index contributed by atoms with van der Waals surface area (Å²) in [4.78, 5) is 11.6. The monoisotopic (exact) mass is 398 g/mol. The Morgan fingerprint density at radius 3 is 2.36 bits per heavy atom. The number of aldehydes is 1. The number of ether oxygens (including phenoxy) is 1. The van der Waals surface area contributed by atoms with E-state index in [2.05, 4.69) is 0 Å². The van der Waals surface area contributed by atoms with Crippen LogP contribution in [0.15, 0.2) is 77.2 Å². The molecule has 0 fully saturated rings. The normalized spacial score (nSPS) is 22.5. The first-order valence-corrected chi connectivity index (χ1v) is 11.2. The zero-order valence-corrected chi connectivity index (χ0v) is 16.9. The molecule has 148 valence electrons. The summed E-state index contributed by atoms with van der Waals surface area (Å²) in [5.41, 5.74) is 1.43. The molecule has 0 heterocycles. The highest BCUT2D eigenvalue weighted by Crippen LogP contribution is 2.39. The Morgan fingerprint density at radius 1 is 1.07 bits per heavy atom. The third kappa shape index (κ3) is 4.97. The SMILES string of the molecule is C[C@]1(CC=O)C=C(CS(=O)(=O)c2ccccc2)CC[C@@H]1OCc1ccccc1. The number of hydrogen-bond acceptors (Lipinski definition) is 4. The summed E-state index contributed by atoms with van der Waals surface area (Å²) in [7, 11) is -3.40. The fourth-order valence-electron chi connectivity index (χ4n) is 3.76. The number of rotatable bonds is 8. The van der Waals surface area contributed by atoms with E-state index in [1.165, 1.54) is 0 Å². The Morgan fingerprint density at radius 2 is 1.71 bits per heavy atom. The van der Waals surface area contributed by atoms with Crippen LogP contribution in [0.25, 0.3) is 0 Å². The number of carbonyl (C=O) groups excluding carboxylic acids is 1. The molecule has 0 saturated heterocycles. The van der Waals surface area contributed by atoms with Crippen molar-refractivity contribution in [1.29, 1.82) is 0 Å². The van der Waals surface area contributed by atoms with Crippen LogP contribution in [-0.4, -0.2) is 26.6 Å². The molecular formula is C23H26O4S. The van der Waals surface area contributed by atoms with E-state index in [0.29, 0.717) is 30.8 Å². The number of sulfone groups is 1. The van der Waals surface area contributed by atoms with Crippen molar-refractivity contribution in [2.45, 2.75) is 43.8 Å². The van der Waals surface area contributed by atoms with Crippen LogP contribution in [-0.2, 0) is 26.0 Å². The van der Waals surface area contributed by atoms with E-state index in [-0.39, 0.29) is 11.9 Å². The summed E-state index contributed by atoms with van der Waals surface area (Å²) in [5, 5.41) is 0. The van der Waals surface area contributed by atoms with Crippen LogP contribution in [0.2, 0.25) is 0 Å². The van der Waals surface area contributed by atoms with Gasteiger partial charge in [-0.05, 0) is 30.5 Å². The van der Waals surface area contributed by atoms with Gasteiger partial charge in [0.1, 0.15) is 6.29 Å². The second-order valence-corrected chi connectivity index (χ2v) is 9.56. The lowest BCUT2D eigenvalue weighted by molar-refractivity contribution is -0.112. The predicted octanol–water partition coefficient (Wildman–Crippen LogP) is 4.36. The van der Waals surface area contributed by atoms with Crippen LogP contribution in [0, 0.1) is 5.41 Å². The number of benzene rings is 2. The van der Waals surface area contributed by atoms with Gasteiger partial charge in [-0.1, -0.05) is 67.1 Å². The Bertz CT molecular complexity index is 920. The molecule has 1 aliphatic carbocycles. The lowest BCUT2D eigenvalue weighted by Gasteiger charge is -2.38. The minimum atomic E-state index is -3.40. The Hall–Kier alpha value is -2.24. The molecule has 0 unspecified atom stereocenters.